The third-order valence-electron chi connectivity index (χ3n) is 4.25. The first-order valence-corrected chi connectivity index (χ1v) is 7.49. The van der Waals surface area contributed by atoms with Crippen molar-refractivity contribution in [3.05, 3.63) is 35.4 Å². The molecule has 0 unspecified atom stereocenters. The minimum absolute atomic E-state index is 0.0517. The van der Waals surface area contributed by atoms with Gasteiger partial charge in [-0.2, -0.15) is 0 Å². The lowest BCUT2D eigenvalue weighted by molar-refractivity contribution is 0.242. The molecule has 1 nitrogen and oxygen atoms in total. The van der Waals surface area contributed by atoms with Gasteiger partial charge in [0.25, 0.3) is 0 Å². The summed E-state index contributed by atoms with van der Waals surface area (Å²) in [7, 11) is 0. The van der Waals surface area contributed by atoms with E-state index in [1.807, 2.05) is 0 Å². The van der Waals surface area contributed by atoms with E-state index in [0.29, 0.717) is 12.0 Å². The van der Waals surface area contributed by atoms with Gasteiger partial charge < -0.3 is 5.32 Å². The highest BCUT2D eigenvalue weighted by Crippen LogP contribution is 2.41. The largest absolute Gasteiger partial charge is 0.312 e. The van der Waals surface area contributed by atoms with E-state index in [1.54, 1.807) is 12.1 Å². The van der Waals surface area contributed by atoms with Crippen LogP contribution in [0, 0.1) is 17.0 Å². The van der Waals surface area contributed by atoms with Crippen molar-refractivity contribution in [1.29, 1.82) is 0 Å². The van der Waals surface area contributed by atoms with Crippen molar-refractivity contribution in [3.8, 4) is 0 Å². The summed E-state index contributed by atoms with van der Waals surface area (Å²) in [5, 5.41) is 3.54. The van der Waals surface area contributed by atoms with Gasteiger partial charge in [0.2, 0.25) is 0 Å². The zero-order chi connectivity index (χ0) is 14.8. The van der Waals surface area contributed by atoms with E-state index in [1.165, 1.54) is 18.9 Å². The molecule has 0 aliphatic heterocycles. The maximum absolute atomic E-state index is 13.9. The number of hydrogen-bond acceptors (Lipinski definition) is 1. The van der Waals surface area contributed by atoms with Crippen LogP contribution in [0.2, 0.25) is 0 Å². The fourth-order valence-corrected chi connectivity index (χ4v) is 3.08. The number of hydrogen-bond donors (Lipinski definition) is 1. The maximum Gasteiger partial charge on any atom is 0.162 e. The number of halogens is 2. The van der Waals surface area contributed by atoms with Crippen molar-refractivity contribution in [2.24, 2.45) is 5.41 Å². The number of benzene rings is 1. The minimum Gasteiger partial charge on any atom is -0.312 e. The first-order chi connectivity index (χ1) is 9.31. The van der Waals surface area contributed by atoms with Crippen LogP contribution in [0.3, 0.4) is 0 Å². The van der Waals surface area contributed by atoms with Crippen LogP contribution in [0.4, 0.5) is 8.78 Å². The van der Waals surface area contributed by atoms with E-state index >= 15 is 0 Å². The molecule has 112 valence electrons. The predicted molar refractivity (Wildman–Crippen MR) is 78.7 cm³/mol. The van der Waals surface area contributed by atoms with Gasteiger partial charge in [0, 0.05) is 12.1 Å². The second-order valence-corrected chi connectivity index (χ2v) is 7.20. The molecule has 1 aliphatic carbocycles. The average Bonchev–Trinajstić information content (AvgIpc) is 2.81. The lowest BCUT2D eigenvalue weighted by Gasteiger charge is -2.33. The second kappa shape index (κ2) is 5.80. The van der Waals surface area contributed by atoms with Crippen molar-refractivity contribution >= 4 is 0 Å². The van der Waals surface area contributed by atoms with Crippen LogP contribution in [0.15, 0.2) is 18.2 Å². The van der Waals surface area contributed by atoms with Crippen LogP contribution < -0.4 is 5.32 Å². The van der Waals surface area contributed by atoms with Crippen molar-refractivity contribution in [3.63, 3.8) is 0 Å². The molecule has 0 spiro atoms. The normalized spacial score (nSPS) is 18.4. The lowest BCUT2D eigenvalue weighted by Crippen LogP contribution is -2.44. The summed E-state index contributed by atoms with van der Waals surface area (Å²) in [6.45, 7) is 7.28. The van der Waals surface area contributed by atoms with Gasteiger partial charge in [-0.05, 0) is 57.1 Å². The Balaban J connectivity index is 2.15. The topological polar surface area (TPSA) is 12.0 Å². The molecule has 0 saturated heterocycles. The monoisotopic (exact) mass is 281 g/mol. The highest BCUT2D eigenvalue weighted by molar-refractivity contribution is 5.21. The van der Waals surface area contributed by atoms with E-state index in [0.717, 1.165) is 19.4 Å². The maximum atomic E-state index is 13.9. The van der Waals surface area contributed by atoms with Gasteiger partial charge in [-0.15, -0.1) is 0 Å². The summed E-state index contributed by atoms with van der Waals surface area (Å²) >= 11 is 0. The summed E-state index contributed by atoms with van der Waals surface area (Å²) in [5.41, 5.74) is 0.639. The van der Waals surface area contributed by atoms with Gasteiger partial charge in [0.15, 0.2) is 11.6 Å². The van der Waals surface area contributed by atoms with Gasteiger partial charge in [-0.25, -0.2) is 8.78 Å². The second-order valence-electron chi connectivity index (χ2n) is 7.20. The average molecular weight is 281 g/mol. The van der Waals surface area contributed by atoms with E-state index < -0.39 is 11.6 Å². The summed E-state index contributed by atoms with van der Waals surface area (Å²) in [4.78, 5) is 0. The van der Waals surface area contributed by atoms with Crippen LogP contribution in [-0.2, 0) is 6.42 Å². The Kier molecular flexibility index (Phi) is 4.48. The molecule has 3 heteroatoms. The Labute approximate surface area is 120 Å². The van der Waals surface area contributed by atoms with Crippen molar-refractivity contribution in [2.45, 2.75) is 58.4 Å². The summed E-state index contributed by atoms with van der Waals surface area (Å²) in [6.07, 6.45) is 5.17. The van der Waals surface area contributed by atoms with Crippen LogP contribution in [-0.4, -0.2) is 12.1 Å². The van der Waals surface area contributed by atoms with Crippen molar-refractivity contribution < 1.29 is 8.78 Å². The molecule has 0 bridgehead atoms. The zero-order valence-corrected chi connectivity index (χ0v) is 12.7. The molecule has 0 heterocycles. The molecule has 1 N–H and O–H groups in total. The summed E-state index contributed by atoms with van der Waals surface area (Å²) in [6, 6.07) is 4.51. The van der Waals surface area contributed by atoms with Crippen LogP contribution in [0.1, 0.15) is 52.0 Å². The standard InChI is InChI=1S/C17H25F2N/c1-16(2,3)20-12-17(9-4-5-10-17)11-13-7-6-8-14(18)15(13)19/h6-8,20H,4-5,9-12H2,1-3H3. The summed E-state index contributed by atoms with van der Waals surface area (Å²) < 4.78 is 27.3. The zero-order valence-electron chi connectivity index (χ0n) is 12.7. The van der Waals surface area contributed by atoms with Crippen LogP contribution in [0.5, 0.6) is 0 Å². The Morgan fingerprint density at radius 1 is 1.15 bits per heavy atom. The van der Waals surface area contributed by atoms with E-state index in [-0.39, 0.29) is 11.0 Å². The Morgan fingerprint density at radius 3 is 2.40 bits per heavy atom. The van der Waals surface area contributed by atoms with Gasteiger partial charge >= 0.3 is 0 Å². The molecule has 1 fully saturated rings. The highest BCUT2D eigenvalue weighted by atomic mass is 19.2. The van der Waals surface area contributed by atoms with Crippen molar-refractivity contribution in [2.75, 3.05) is 6.54 Å². The molecule has 0 atom stereocenters. The molecular formula is C17H25F2N. The van der Waals surface area contributed by atoms with Crippen LogP contribution in [0.25, 0.3) is 0 Å². The third kappa shape index (κ3) is 3.78. The molecule has 20 heavy (non-hydrogen) atoms. The molecular weight excluding hydrogens is 256 g/mol. The SMILES string of the molecule is CC(C)(C)NCC1(Cc2cccc(F)c2F)CCCC1. The third-order valence-corrected chi connectivity index (χ3v) is 4.25. The lowest BCUT2D eigenvalue weighted by atomic mass is 9.79. The van der Waals surface area contributed by atoms with Gasteiger partial charge in [-0.3, -0.25) is 0 Å². The molecule has 0 radical (unpaired) electrons. The quantitative estimate of drug-likeness (QED) is 0.859. The first kappa shape index (κ1) is 15.4. The fraction of sp³-hybridized carbons (Fsp3) is 0.647. The number of nitrogens with one attached hydrogen (secondary N) is 1. The smallest absolute Gasteiger partial charge is 0.162 e. The number of rotatable bonds is 4. The molecule has 1 aromatic carbocycles. The Bertz CT molecular complexity index is 457. The van der Waals surface area contributed by atoms with E-state index in [4.69, 9.17) is 0 Å². The van der Waals surface area contributed by atoms with Gasteiger partial charge in [-0.1, -0.05) is 25.0 Å². The Hall–Kier alpha value is -0.960. The summed E-state index contributed by atoms with van der Waals surface area (Å²) in [5.74, 6) is -1.41. The Morgan fingerprint density at radius 2 is 1.80 bits per heavy atom. The highest BCUT2D eigenvalue weighted by Gasteiger charge is 2.35. The van der Waals surface area contributed by atoms with Gasteiger partial charge in [0.05, 0.1) is 0 Å². The minimum atomic E-state index is -0.737. The molecule has 2 rings (SSSR count). The molecule has 1 aromatic rings. The molecule has 0 aromatic heterocycles. The predicted octanol–water partition coefficient (Wildman–Crippen LogP) is 4.46. The molecule has 1 aliphatic rings. The molecule has 1 saturated carbocycles. The first-order valence-electron chi connectivity index (χ1n) is 7.49. The van der Waals surface area contributed by atoms with E-state index in [9.17, 15) is 8.78 Å². The fourth-order valence-electron chi connectivity index (χ4n) is 3.08. The van der Waals surface area contributed by atoms with Crippen molar-refractivity contribution in [1.82, 2.24) is 5.32 Å². The van der Waals surface area contributed by atoms with E-state index in [2.05, 4.69) is 26.1 Å². The van der Waals surface area contributed by atoms with Gasteiger partial charge in [0.1, 0.15) is 0 Å². The van der Waals surface area contributed by atoms with Crippen LogP contribution >= 0.6 is 0 Å². The molecule has 0 amide bonds.